The summed E-state index contributed by atoms with van der Waals surface area (Å²) >= 11 is 0. The van der Waals surface area contributed by atoms with Gasteiger partial charge in [0.2, 0.25) is 5.92 Å². The van der Waals surface area contributed by atoms with Crippen molar-refractivity contribution in [3.63, 3.8) is 0 Å². The van der Waals surface area contributed by atoms with Gasteiger partial charge in [-0.05, 0) is 13.3 Å². The highest BCUT2D eigenvalue weighted by Crippen LogP contribution is 2.19. The lowest BCUT2D eigenvalue weighted by Crippen LogP contribution is -2.31. The molecule has 1 atom stereocenters. The number of carboxylic acids is 1. The van der Waals surface area contributed by atoms with Crippen molar-refractivity contribution in [2.45, 2.75) is 31.7 Å². The standard InChI is InChI=1S/C6H11F2NO2.ClH/c1-6(7,8)3-2-4(9)5(10)11;/h4H,2-3,9H2,1H3,(H,10,11);1H/t4-;/m1./s1. The van der Waals surface area contributed by atoms with Crippen LogP contribution in [0.25, 0.3) is 0 Å². The van der Waals surface area contributed by atoms with Crippen LogP contribution in [0.1, 0.15) is 19.8 Å². The first kappa shape index (κ1) is 14.1. The van der Waals surface area contributed by atoms with Gasteiger partial charge in [0.05, 0.1) is 0 Å². The molecule has 0 aromatic carbocycles. The Morgan fingerprint density at radius 1 is 1.67 bits per heavy atom. The minimum absolute atomic E-state index is 0. The van der Waals surface area contributed by atoms with E-state index in [9.17, 15) is 13.6 Å². The molecule has 0 rings (SSSR count). The highest BCUT2D eigenvalue weighted by molar-refractivity contribution is 5.85. The number of hydrogen-bond acceptors (Lipinski definition) is 2. The first-order valence-electron chi connectivity index (χ1n) is 3.19. The molecule has 0 heterocycles. The number of carboxylic acid groups (broad SMARTS) is 1. The highest BCUT2D eigenvalue weighted by atomic mass is 35.5. The molecule has 0 spiro atoms. The van der Waals surface area contributed by atoms with Crippen molar-refractivity contribution in [1.29, 1.82) is 0 Å². The molecule has 0 aliphatic rings. The van der Waals surface area contributed by atoms with Crippen molar-refractivity contribution in [2.24, 2.45) is 5.73 Å². The summed E-state index contributed by atoms with van der Waals surface area (Å²) in [5.41, 5.74) is 4.99. The molecule has 0 aromatic rings. The van der Waals surface area contributed by atoms with Crippen molar-refractivity contribution in [3.8, 4) is 0 Å². The molecule has 0 aliphatic carbocycles. The Hall–Kier alpha value is -0.420. The summed E-state index contributed by atoms with van der Waals surface area (Å²) < 4.78 is 24.2. The molecule has 0 radical (unpaired) electrons. The summed E-state index contributed by atoms with van der Waals surface area (Å²) in [4.78, 5) is 10.0. The molecule has 0 aliphatic heterocycles. The van der Waals surface area contributed by atoms with Crippen molar-refractivity contribution in [1.82, 2.24) is 0 Å². The Labute approximate surface area is 75.3 Å². The van der Waals surface area contributed by atoms with E-state index in [1.165, 1.54) is 0 Å². The van der Waals surface area contributed by atoms with E-state index >= 15 is 0 Å². The van der Waals surface area contributed by atoms with Crippen molar-refractivity contribution >= 4 is 18.4 Å². The van der Waals surface area contributed by atoms with Crippen LogP contribution in [0.2, 0.25) is 0 Å². The topological polar surface area (TPSA) is 63.3 Å². The molecule has 0 saturated carbocycles. The first-order chi connectivity index (χ1) is 4.83. The van der Waals surface area contributed by atoms with Gasteiger partial charge in [-0.1, -0.05) is 0 Å². The van der Waals surface area contributed by atoms with Gasteiger partial charge < -0.3 is 10.8 Å². The molecule has 6 heteroatoms. The molecular formula is C6H12ClF2NO2. The first-order valence-corrected chi connectivity index (χ1v) is 3.19. The summed E-state index contributed by atoms with van der Waals surface area (Å²) in [6, 6.07) is -1.18. The normalized spacial score (nSPS) is 13.3. The van der Waals surface area contributed by atoms with E-state index in [2.05, 4.69) is 0 Å². The van der Waals surface area contributed by atoms with Crippen LogP contribution >= 0.6 is 12.4 Å². The third-order valence-electron chi connectivity index (χ3n) is 1.21. The Balaban J connectivity index is 0. The maximum Gasteiger partial charge on any atom is 0.320 e. The second-order valence-corrected chi connectivity index (χ2v) is 2.55. The maximum absolute atomic E-state index is 12.1. The lowest BCUT2D eigenvalue weighted by molar-refractivity contribution is -0.139. The zero-order valence-corrected chi connectivity index (χ0v) is 7.41. The third kappa shape index (κ3) is 7.68. The van der Waals surface area contributed by atoms with Crippen LogP contribution in [-0.4, -0.2) is 23.0 Å². The summed E-state index contributed by atoms with van der Waals surface area (Å²) in [5.74, 6) is -4.07. The van der Waals surface area contributed by atoms with E-state index in [-0.39, 0.29) is 18.8 Å². The number of halogens is 3. The van der Waals surface area contributed by atoms with Crippen LogP contribution in [0, 0.1) is 0 Å². The van der Waals surface area contributed by atoms with Gasteiger partial charge in [0.15, 0.2) is 0 Å². The fourth-order valence-electron chi connectivity index (χ4n) is 0.532. The second kappa shape index (κ2) is 5.27. The average Bonchev–Trinajstić information content (AvgIpc) is 1.80. The predicted octanol–water partition coefficient (Wildman–Crippen LogP) is 1.26. The fraction of sp³-hybridized carbons (Fsp3) is 0.833. The van der Waals surface area contributed by atoms with Gasteiger partial charge in [-0.25, -0.2) is 8.78 Å². The SMILES string of the molecule is CC(F)(F)CC[C@@H](N)C(=O)O.Cl. The van der Waals surface area contributed by atoms with Gasteiger partial charge >= 0.3 is 5.97 Å². The van der Waals surface area contributed by atoms with E-state index in [0.717, 1.165) is 6.92 Å². The summed E-state index contributed by atoms with van der Waals surface area (Å²) in [5, 5.41) is 8.21. The van der Waals surface area contributed by atoms with Crippen LogP contribution in [0.15, 0.2) is 0 Å². The number of nitrogens with two attached hydrogens (primary N) is 1. The molecule has 0 fully saturated rings. The van der Waals surface area contributed by atoms with Gasteiger partial charge in [-0.2, -0.15) is 0 Å². The number of rotatable bonds is 4. The van der Waals surface area contributed by atoms with Crippen LogP contribution in [0.3, 0.4) is 0 Å². The van der Waals surface area contributed by atoms with Gasteiger partial charge in [0, 0.05) is 6.42 Å². The largest absolute Gasteiger partial charge is 0.480 e. The molecule has 0 saturated heterocycles. The number of aliphatic carboxylic acids is 1. The molecule has 3 N–H and O–H groups in total. The average molecular weight is 204 g/mol. The summed E-state index contributed by atoms with van der Waals surface area (Å²) in [7, 11) is 0. The summed E-state index contributed by atoms with van der Waals surface area (Å²) in [6.07, 6.45) is -0.681. The third-order valence-corrected chi connectivity index (χ3v) is 1.21. The van der Waals surface area contributed by atoms with E-state index in [4.69, 9.17) is 10.8 Å². The monoisotopic (exact) mass is 203 g/mol. The quantitative estimate of drug-likeness (QED) is 0.723. The molecule has 12 heavy (non-hydrogen) atoms. The molecule has 0 aromatic heterocycles. The zero-order valence-electron chi connectivity index (χ0n) is 6.59. The maximum atomic E-state index is 12.1. The Bertz CT molecular complexity index is 149. The van der Waals surface area contributed by atoms with Crippen molar-refractivity contribution < 1.29 is 18.7 Å². The van der Waals surface area contributed by atoms with Crippen LogP contribution < -0.4 is 5.73 Å². The fourth-order valence-corrected chi connectivity index (χ4v) is 0.532. The van der Waals surface area contributed by atoms with Gasteiger partial charge in [0.25, 0.3) is 0 Å². The smallest absolute Gasteiger partial charge is 0.320 e. The predicted molar refractivity (Wildman–Crippen MR) is 42.7 cm³/mol. The molecule has 0 unspecified atom stereocenters. The summed E-state index contributed by atoms with van der Waals surface area (Å²) in [6.45, 7) is 0.738. The molecule has 0 amide bonds. The molecule has 0 bridgehead atoms. The number of hydrogen-bond donors (Lipinski definition) is 2. The van der Waals surface area contributed by atoms with Crippen molar-refractivity contribution in [2.75, 3.05) is 0 Å². The molecule has 3 nitrogen and oxygen atoms in total. The Morgan fingerprint density at radius 2 is 2.08 bits per heavy atom. The van der Waals surface area contributed by atoms with E-state index in [0.29, 0.717) is 0 Å². The van der Waals surface area contributed by atoms with Gasteiger partial charge in [-0.3, -0.25) is 4.79 Å². The minimum atomic E-state index is -2.83. The Kier molecular flexibility index (Phi) is 6.20. The van der Waals surface area contributed by atoms with E-state index in [1.807, 2.05) is 0 Å². The highest BCUT2D eigenvalue weighted by Gasteiger charge is 2.23. The number of carbonyl (C=O) groups is 1. The van der Waals surface area contributed by atoms with Gasteiger partial charge in [-0.15, -0.1) is 12.4 Å². The molecular weight excluding hydrogens is 192 g/mol. The van der Waals surface area contributed by atoms with Crippen molar-refractivity contribution in [3.05, 3.63) is 0 Å². The second-order valence-electron chi connectivity index (χ2n) is 2.55. The van der Waals surface area contributed by atoms with E-state index in [1.54, 1.807) is 0 Å². The molecule has 74 valence electrons. The lowest BCUT2D eigenvalue weighted by Gasteiger charge is -2.11. The number of alkyl halides is 2. The van der Waals surface area contributed by atoms with Gasteiger partial charge in [0.1, 0.15) is 6.04 Å². The van der Waals surface area contributed by atoms with Crippen LogP contribution in [0.5, 0.6) is 0 Å². The van der Waals surface area contributed by atoms with E-state index < -0.39 is 24.4 Å². The Morgan fingerprint density at radius 3 is 2.33 bits per heavy atom. The van der Waals surface area contributed by atoms with Crippen LogP contribution in [-0.2, 0) is 4.79 Å². The minimum Gasteiger partial charge on any atom is -0.480 e. The lowest BCUT2D eigenvalue weighted by atomic mass is 10.1. The zero-order chi connectivity index (χ0) is 9.07. The van der Waals surface area contributed by atoms with Crippen LogP contribution in [0.4, 0.5) is 8.78 Å².